The summed E-state index contributed by atoms with van der Waals surface area (Å²) in [7, 11) is 0. The van der Waals surface area contributed by atoms with E-state index in [-0.39, 0.29) is 17.1 Å². The second-order valence-electron chi connectivity index (χ2n) is 8.14. The molecule has 1 N–H and O–H groups in total. The summed E-state index contributed by atoms with van der Waals surface area (Å²) in [6.07, 6.45) is 2.49. The highest BCUT2D eigenvalue weighted by Gasteiger charge is 2.35. The third kappa shape index (κ3) is 4.62. The predicted octanol–water partition coefficient (Wildman–Crippen LogP) is 4.50. The second kappa shape index (κ2) is 9.26. The van der Waals surface area contributed by atoms with Gasteiger partial charge < -0.3 is 14.6 Å². The number of nitrogens with zero attached hydrogens (tertiary/aromatic N) is 1. The molecule has 1 saturated heterocycles. The van der Waals surface area contributed by atoms with Gasteiger partial charge in [0.25, 0.3) is 5.91 Å². The van der Waals surface area contributed by atoms with Gasteiger partial charge in [-0.2, -0.15) is 0 Å². The largest absolute Gasteiger partial charge is 0.381 e. The number of hydrogen-bond donors (Lipinski definition) is 1. The van der Waals surface area contributed by atoms with Gasteiger partial charge in [-0.1, -0.05) is 72.7 Å². The average Bonchev–Trinajstić information content (AvgIpc) is 3.28. The summed E-state index contributed by atoms with van der Waals surface area (Å²) in [5, 5.41) is 7.20. The first-order valence-corrected chi connectivity index (χ1v) is 10.6. The van der Waals surface area contributed by atoms with Gasteiger partial charge in [0.15, 0.2) is 0 Å². The SMILES string of the molecule is CC(Cc1cc(C(=O)NCC2(c3ccccc3)CCOCC2)on1)c1ccccc1. The maximum absolute atomic E-state index is 12.8. The van der Waals surface area contributed by atoms with Crippen LogP contribution >= 0.6 is 0 Å². The lowest BCUT2D eigenvalue weighted by Gasteiger charge is -2.37. The quantitative estimate of drug-likeness (QED) is 0.630. The third-order valence-electron chi connectivity index (χ3n) is 6.09. The van der Waals surface area contributed by atoms with Crippen LogP contribution in [0.15, 0.2) is 71.3 Å². The zero-order chi connectivity index (χ0) is 20.8. The molecule has 1 amide bonds. The Bertz CT molecular complexity index is 947. The fraction of sp³-hybridized carbons (Fsp3) is 0.360. The lowest BCUT2D eigenvalue weighted by Crippen LogP contribution is -2.44. The molecule has 3 aromatic rings. The van der Waals surface area contributed by atoms with Crippen molar-refractivity contribution in [2.45, 2.75) is 37.5 Å². The molecular weight excluding hydrogens is 376 g/mol. The summed E-state index contributed by atoms with van der Waals surface area (Å²) in [6.45, 7) is 4.11. The average molecular weight is 405 g/mol. The lowest BCUT2D eigenvalue weighted by atomic mass is 9.74. The van der Waals surface area contributed by atoms with Crippen LogP contribution in [0.4, 0.5) is 0 Å². The van der Waals surface area contributed by atoms with Gasteiger partial charge in [-0.3, -0.25) is 4.79 Å². The zero-order valence-electron chi connectivity index (χ0n) is 17.3. The van der Waals surface area contributed by atoms with Crippen LogP contribution < -0.4 is 5.32 Å². The summed E-state index contributed by atoms with van der Waals surface area (Å²) in [6, 6.07) is 22.4. The van der Waals surface area contributed by atoms with Crippen molar-refractivity contribution >= 4 is 5.91 Å². The van der Waals surface area contributed by atoms with Crippen molar-refractivity contribution in [2.75, 3.05) is 19.8 Å². The van der Waals surface area contributed by atoms with Crippen LogP contribution in [0.25, 0.3) is 0 Å². The first kappa shape index (κ1) is 20.4. The standard InChI is InChI=1S/C25H28N2O3/c1-19(20-8-4-2-5-9-20)16-22-17-23(30-27-22)24(28)26-18-25(12-14-29-15-13-25)21-10-6-3-7-11-21/h2-11,17,19H,12-16,18H2,1H3,(H,26,28). The molecule has 1 atom stereocenters. The number of nitrogens with one attached hydrogen (secondary N) is 1. The van der Waals surface area contributed by atoms with Gasteiger partial charge in [0.2, 0.25) is 5.76 Å². The van der Waals surface area contributed by atoms with E-state index in [0.717, 1.165) is 25.0 Å². The first-order valence-electron chi connectivity index (χ1n) is 10.6. The molecule has 1 fully saturated rings. The van der Waals surface area contributed by atoms with Crippen LogP contribution in [0.2, 0.25) is 0 Å². The minimum atomic E-state index is -0.220. The number of ether oxygens (including phenoxy) is 1. The molecular formula is C25H28N2O3. The molecule has 0 saturated carbocycles. The van der Waals surface area contributed by atoms with E-state index in [1.807, 2.05) is 36.4 Å². The fourth-order valence-corrected chi connectivity index (χ4v) is 4.19. The molecule has 0 spiro atoms. The molecule has 1 aromatic heterocycles. The number of carbonyl (C=O) groups excluding carboxylic acids is 1. The van der Waals surface area contributed by atoms with Crippen molar-refractivity contribution in [3.05, 3.63) is 89.3 Å². The lowest BCUT2D eigenvalue weighted by molar-refractivity contribution is 0.0484. The fourth-order valence-electron chi connectivity index (χ4n) is 4.19. The van der Waals surface area contributed by atoms with Gasteiger partial charge in [-0.25, -0.2) is 0 Å². The highest BCUT2D eigenvalue weighted by molar-refractivity contribution is 5.91. The summed E-state index contributed by atoms with van der Waals surface area (Å²) < 4.78 is 10.9. The molecule has 5 nitrogen and oxygen atoms in total. The first-order chi connectivity index (χ1) is 14.7. The number of amides is 1. The molecule has 2 heterocycles. The minimum Gasteiger partial charge on any atom is -0.381 e. The van der Waals surface area contributed by atoms with Crippen LogP contribution in [0.1, 0.15) is 53.1 Å². The zero-order valence-corrected chi connectivity index (χ0v) is 17.3. The van der Waals surface area contributed by atoms with Gasteiger partial charge >= 0.3 is 0 Å². The molecule has 0 bridgehead atoms. The van der Waals surface area contributed by atoms with Crippen LogP contribution in [0.3, 0.4) is 0 Å². The van der Waals surface area contributed by atoms with E-state index in [1.165, 1.54) is 11.1 Å². The molecule has 2 aromatic carbocycles. The van der Waals surface area contributed by atoms with E-state index in [4.69, 9.17) is 9.26 Å². The maximum Gasteiger partial charge on any atom is 0.289 e. The minimum absolute atomic E-state index is 0.111. The Morgan fingerprint density at radius 3 is 2.43 bits per heavy atom. The van der Waals surface area contributed by atoms with E-state index in [0.29, 0.717) is 25.7 Å². The van der Waals surface area contributed by atoms with Crippen molar-refractivity contribution < 1.29 is 14.1 Å². The third-order valence-corrected chi connectivity index (χ3v) is 6.09. The van der Waals surface area contributed by atoms with Crippen molar-refractivity contribution in [1.29, 1.82) is 0 Å². The maximum atomic E-state index is 12.8. The van der Waals surface area contributed by atoms with Crippen molar-refractivity contribution in [3.8, 4) is 0 Å². The molecule has 156 valence electrons. The number of hydrogen-bond acceptors (Lipinski definition) is 4. The Morgan fingerprint density at radius 2 is 1.73 bits per heavy atom. The monoisotopic (exact) mass is 404 g/mol. The van der Waals surface area contributed by atoms with Crippen LogP contribution in [-0.4, -0.2) is 30.8 Å². The van der Waals surface area contributed by atoms with E-state index in [9.17, 15) is 4.79 Å². The van der Waals surface area contributed by atoms with Crippen molar-refractivity contribution in [3.63, 3.8) is 0 Å². The molecule has 30 heavy (non-hydrogen) atoms. The van der Waals surface area contributed by atoms with E-state index >= 15 is 0 Å². The normalized spacial score (nSPS) is 16.7. The summed E-state index contributed by atoms with van der Waals surface area (Å²) in [5.74, 6) is 0.347. The Hall–Kier alpha value is -2.92. The van der Waals surface area contributed by atoms with Crippen molar-refractivity contribution in [2.24, 2.45) is 0 Å². The molecule has 1 unspecified atom stereocenters. The van der Waals surface area contributed by atoms with Gasteiger partial charge in [0.1, 0.15) is 0 Å². The molecule has 0 aliphatic carbocycles. The van der Waals surface area contributed by atoms with E-state index < -0.39 is 0 Å². The molecule has 4 rings (SSSR count). The van der Waals surface area contributed by atoms with Crippen molar-refractivity contribution in [1.82, 2.24) is 10.5 Å². The second-order valence-corrected chi connectivity index (χ2v) is 8.14. The summed E-state index contributed by atoms with van der Waals surface area (Å²) >= 11 is 0. The smallest absolute Gasteiger partial charge is 0.289 e. The van der Waals surface area contributed by atoms with E-state index in [1.54, 1.807) is 6.07 Å². The highest BCUT2D eigenvalue weighted by atomic mass is 16.5. The molecule has 5 heteroatoms. The Labute approximate surface area is 177 Å². The number of aromatic nitrogens is 1. The topological polar surface area (TPSA) is 64.4 Å². The van der Waals surface area contributed by atoms with Crippen LogP contribution in [0, 0.1) is 0 Å². The number of rotatable bonds is 7. The van der Waals surface area contributed by atoms with Crippen LogP contribution in [-0.2, 0) is 16.6 Å². The predicted molar refractivity (Wildman–Crippen MR) is 116 cm³/mol. The Balaban J connectivity index is 1.40. The van der Waals surface area contributed by atoms with Gasteiger partial charge in [0, 0.05) is 31.2 Å². The number of benzene rings is 2. The van der Waals surface area contributed by atoms with Crippen LogP contribution in [0.5, 0.6) is 0 Å². The summed E-state index contributed by atoms with van der Waals surface area (Å²) in [5.41, 5.74) is 3.17. The number of carbonyl (C=O) groups is 1. The Kier molecular flexibility index (Phi) is 6.29. The van der Waals surface area contributed by atoms with Gasteiger partial charge in [-0.15, -0.1) is 0 Å². The van der Waals surface area contributed by atoms with Gasteiger partial charge in [0.05, 0.1) is 5.69 Å². The van der Waals surface area contributed by atoms with E-state index in [2.05, 4.69) is 41.7 Å². The van der Waals surface area contributed by atoms with Gasteiger partial charge in [-0.05, 0) is 36.3 Å². The molecule has 0 radical (unpaired) electrons. The Morgan fingerprint density at radius 1 is 1.07 bits per heavy atom. The molecule has 1 aliphatic heterocycles. The highest BCUT2D eigenvalue weighted by Crippen LogP contribution is 2.34. The molecule has 1 aliphatic rings. The summed E-state index contributed by atoms with van der Waals surface area (Å²) in [4.78, 5) is 12.8.